The molecule has 2 N–H and O–H groups in total. The minimum absolute atomic E-state index is 0.0497. The average molecular weight is 440 g/mol. The van der Waals surface area contributed by atoms with Crippen molar-refractivity contribution in [2.75, 3.05) is 26.3 Å². The van der Waals surface area contributed by atoms with Gasteiger partial charge in [-0.2, -0.15) is 4.31 Å². The highest BCUT2D eigenvalue weighted by molar-refractivity contribution is 7.89. The molecule has 1 aliphatic heterocycles. The van der Waals surface area contributed by atoms with Gasteiger partial charge in [0, 0.05) is 41.4 Å². The quantitative estimate of drug-likeness (QED) is 0.534. The van der Waals surface area contributed by atoms with E-state index >= 15 is 0 Å². The van der Waals surface area contributed by atoms with Crippen LogP contribution in [0.25, 0.3) is 0 Å². The number of allylic oxidation sites excluding steroid dienone is 4. The number of sulfonamides is 1. The molecular formula is C19H22ClN3O5S. The van der Waals surface area contributed by atoms with Crippen molar-refractivity contribution in [2.24, 2.45) is 0 Å². The Balaban J connectivity index is 1.66. The second-order valence-electron chi connectivity index (χ2n) is 6.67. The van der Waals surface area contributed by atoms with Crippen LogP contribution in [-0.4, -0.2) is 50.7 Å². The Morgan fingerprint density at radius 1 is 1.10 bits per heavy atom. The number of halogens is 1. The Bertz CT molecular complexity index is 964. The summed E-state index contributed by atoms with van der Waals surface area (Å²) >= 11 is 5.99. The third-order valence-electron chi connectivity index (χ3n) is 4.68. The number of hydrazine groups is 1. The first-order chi connectivity index (χ1) is 13.8. The molecular weight excluding hydrogens is 418 g/mol. The lowest BCUT2D eigenvalue weighted by molar-refractivity contribution is -0.115. The largest absolute Gasteiger partial charge is 0.379 e. The number of ketones is 1. The smallest absolute Gasteiger partial charge is 0.269 e. The fourth-order valence-corrected chi connectivity index (χ4v) is 4.61. The normalized spacial score (nSPS) is 20.1. The molecule has 2 aliphatic rings. The van der Waals surface area contributed by atoms with Gasteiger partial charge in [0.1, 0.15) is 0 Å². The number of rotatable bonds is 5. The van der Waals surface area contributed by atoms with E-state index in [-0.39, 0.29) is 16.2 Å². The van der Waals surface area contributed by atoms with E-state index in [9.17, 15) is 18.0 Å². The van der Waals surface area contributed by atoms with E-state index in [4.69, 9.17) is 16.3 Å². The molecule has 8 nitrogen and oxygen atoms in total. The minimum atomic E-state index is -3.61. The van der Waals surface area contributed by atoms with Crippen molar-refractivity contribution in [3.63, 3.8) is 0 Å². The summed E-state index contributed by atoms with van der Waals surface area (Å²) in [5, 5.41) is 0.587. The maximum atomic E-state index is 12.6. The number of nitrogens with zero attached hydrogens (tertiary/aromatic N) is 1. The van der Waals surface area contributed by atoms with E-state index in [1.165, 1.54) is 28.6 Å². The molecule has 156 valence electrons. The lowest BCUT2D eigenvalue weighted by Crippen LogP contribution is -2.40. The highest BCUT2D eigenvalue weighted by Crippen LogP contribution is 2.23. The molecule has 10 heteroatoms. The van der Waals surface area contributed by atoms with Crippen LogP contribution < -0.4 is 10.9 Å². The van der Waals surface area contributed by atoms with Gasteiger partial charge < -0.3 is 10.2 Å². The average Bonchev–Trinajstić information content (AvgIpc) is 2.74. The van der Waals surface area contributed by atoms with Gasteiger partial charge in [0.05, 0.1) is 18.1 Å². The van der Waals surface area contributed by atoms with Crippen LogP contribution in [-0.2, 0) is 19.6 Å². The molecule has 0 radical (unpaired) electrons. The Hall–Kier alpha value is -2.20. The van der Waals surface area contributed by atoms with Crippen molar-refractivity contribution in [3.05, 3.63) is 52.2 Å². The molecule has 1 fully saturated rings. The fourth-order valence-electron chi connectivity index (χ4n) is 3.00. The lowest BCUT2D eigenvalue weighted by atomic mass is 9.99. The Kier molecular flexibility index (Phi) is 6.74. The third kappa shape index (κ3) is 5.05. The number of morpholine rings is 1. The van der Waals surface area contributed by atoms with Crippen molar-refractivity contribution in [2.45, 2.75) is 24.7 Å². The third-order valence-corrected chi connectivity index (χ3v) is 6.90. The number of nitrogens with one attached hydrogen (secondary N) is 2. The number of hydrogen-bond donors (Lipinski definition) is 2. The maximum Gasteiger partial charge on any atom is 0.269 e. The predicted octanol–water partition coefficient (Wildman–Crippen LogP) is 1.70. The summed E-state index contributed by atoms with van der Waals surface area (Å²) in [6.45, 7) is 3.00. The summed E-state index contributed by atoms with van der Waals surface area (Å²) in [5.41, 5.74) is 6.40. The highest BCUT2D eigenvalue weighted by Gasteiger charge is 2.26. The fraction of sp³-hybridized carbons (Fsp3) is 0.368. The molecule has 29 heavy (non-hydrogen) atoms. The lowest BCUT2D eigenvalue weighted by Gasteiger charge is -2.26. The van der Waals surface area contributed by atoms with E-state index in [2.05, 4.69) is 10.9 Å². The van der Waals surface area contributed by atoms with Crippen LogP contribution >= 0.6 is 11.6 Å². The number of ether oxygens (including phenoxy) is 1. The molecule has 0 bridgehead atoms. The van der Waals surface area contributed by atoms with Crippen LogP contribution in [0.3, 0.4) is 0 Å². The van der Waals surface area contributed by atoms with Crippen molar-refractivity contribution >= 4 is 33.3 Å². The molecule has 0 atom stereocenters. The predicted molar refractivity (Wildman–Crippen MR) is 107 cm³/mol. The van der Waals surface area contributed by atoms with Crippen LogP contribution in [0.1, 0.15) is 30.1 Å². The Labute approximate surface area is 174 Å². The molecule has 1 amide bonds. The summed E-state index contributed by atoms with van der Waals surface area (Å²) in [6, 6.07) is 5.68. The number of Topliss-reactive ketones (excluding diaryl/α,β-unsaturated/α-hetero) is 1. The van der Waals surface area contributed by atoms with Crippen molar-refractivity contribution in [1.82, 2.24) is 15.2 Å². The van der Waals surface area contributed by atoms with Gasteiger partial charge in [-0.1, -0.05) is 11.6 Å². The van der Waals surface area contributed by atoms with Crippen LogP contribution in [0.2, 0.25) is 0 Å². The van der Waals surface area contributed by atoms with E-state index in [0.717, 1.165) is 0 Å². The summed E-state index contributed by atoms with van der Waals surface area (Å²) in [5.74, 6) is -0.509. The molecule has 1 aliphatic carbocycles. The molecule has 0 aromatic heterocycles. The first-order valence-corrected chi connectivity index (χ1v) is 11.0. The minimum Gasteiger partial charge on any atom is -0.379 e. The standard InChI is InChI=1S/C19H22ClN3O5S/c1-13(17-12-15(20)4-7-18(17)24)21-22-19(25)14-2-5-16(6-3-14)29(26,27)23-8-10-28-11-9-23/h2-3,5-6,12,21H,4,7-11H2,1H3,(H,22,25). The van der Waals surface area contributed by atoms with Gasteiger partial charge in [-0.25, -0.2) is 8.42 Å². The number of benzene rings is 1. The molecule has 3 rings (SSSR count). The van der Waals surface area contributed by atoms with Crippen molar-refractivity contribution < 1.29 is 22.7 Å². The topological polar surface area (TPSA) is 105 Å². The van der Waals surface area contributed by atoms with E-state index in [1.54, 1.807) is 13.0 Å². The van der Waals surface area contributed by atoms with Crippen LogP contribution in [0.5, 0.6) is 0 Å². The Morgan fingerprint density at radius 2 is 1.76 bits per heavy atom. The van der Waals surface area contributed by atoms with Crippen LogP contribution in [0, 0.1) is 0 Å². The maximum absolute atomic E-state index is 12.6. The van der Waals surface area contributed by atoms with Crippen molar-refractivity contribution in [3.8, 4) is 0 Å². The van der Waals surface area contributed by atoms with Gasteiger partial charge in [-0.3, -0.25) is 15.0 Å². The zero-order chi connectivity index (χ0) is 21.0. The van der Waals surface area contributed by atoms with E-state index < -0.39 is 15.9 Å². The van der Waals surface area contributed by atoms with Gasteiger partial charge in [0.2, 0.25) is 10.0 Å². The molecule has 1 aromatic rings. The molecule has 0 spiro atoms. The molecule has 1 aromatic carbocycles. The van der Waals surface area contributed by atoms with Crippen LogP contribution in [0.15, 0.2) is 51.5 Å². The monoisotopic (exact) mass is 439 g/mol. The number of amides is 1. The van der Waals surface area contributed by atoms with Gasteiger partial charge in [-0.05, 0) is 43.7 Å². The molecule has 1 heterocycles. The highest BCUT2D eigenvalue weighted by atomic mass is 35.5. The second kappa shape index (κ2) is 9.08. The summed E-state index contributed by atoms with van der Waals surface area (Å²) in [7, 11) is -3.61. The first kappa shape index (κ1) is 21.5. The molecule has 0 saturated carbocycles. The summed E-state index contributed by atoms with van der Waals surface area (Å²) in [6.07, 6.45) is 2.44. The van der Waals surface area contributed by atoms with Gasteiger partial charge in [-0.15, -0.1) is 0 Å². The SMILES string of the molecule is CC(NNC(=O)c1ccc(S(=O)(=O)N2CCOCC2)cc1)=C1C=C(Cl)CCC1=O. The summed E-state index contributed by atoms with van der Waals surface area (Å²) in [4.78, 5) is 24.4. The molecule has 1 saturated heterocycles. The Morgan fingerprint density at radius 3 is 2.41 bits per heavy atom. The van der Waals surface area contributed by atoms with Gasteiger partial charge in [0.15, 0.2) is 5.78 Å². The second-order valence-corrected chi connectivity index (χ2v) is 9.10. The van der Waals surface area contributed by atoms with E-state index in [1.807, 2.05) is 0 Å². The van der Waals surface area contributed by atoms with E-state index in [0.29, 0.717) is 55.4 Å². The number of carbonyl (C=O) groups excluding carboxylic acids is 2. The van der Waals surface area contributed by atoms with Crippen molar-refractivity contribution in [1.29, 1.82) is 0 Å². The van der Waals surface area contributed by atoms with Crippen LogP contribution in [0.4, 0.5) is 0 Å². The molecule has 0 unspecified atom stereocenters. The number of carbonyl (C=O) groups is 2. The van der Waals surface area contributed by atoms with Gasteiger partial charge in [0.25, 0.3) is 5.91 Å². The summed E-state index contributed by atoms with van der Waals surface area (Å²) < 4.78 is 31.8. The zero-order valence-electron chi connectivity index (χ0n) is 15.9. The zero-order valence-corrected chi connectivity index (χ0v) is 17.5. The number of hydrogen-bond acceptors (Lipinski definition) is 6. The van der Waals surface area contributed by atoms with Gasteiger partial charge >= 0.3 is 0 Å². The first-order valence-electron chi connectivity index (χ1n) is 9.13.